The second-order valence-electron chi connectivity index (χ2n) is 6.12. The standard InChI is InChI=1S/C15H28N2O.ClH/c16-11-13-7-4-8-14(13)15(18)17-10-9-12-5-2-1-3-6-12;/h12-14H,1-11,16H2,(H,17,18);1H/t13-,14-;/m1./s1. The Bertz CT molecular complexity index is 267. The fourth-order valence-corrected chi connectivity index (χ4v) is 3.67. The van der Waals surface area contributed by atoms with E-state index in [1.165, 1.54) is 44.9 Å². The van der Waals surface area contributed by atoms with Crippen molar-refractivity contribution in [3.63, 3.8) is 0 Å². The molecule has 0 aliphatic heterocycles. The van der Waals surface area contributed by atoms with Crippen LogP contribution >= 0.6 is 12.4 Å². The summed E-state index contributed by atoms with van der Waals surface area (Å²) in [7, 11) is 0. The summed E-state index contributed by atoms with van der Waals surface area (Å²) in [6, 6.07) is 0. The van der Waals surface area contributed by atoms with Crippen molar-refractivity contribution in [2.24, 2.45) is 23.5 Å². The van der Waals surface area contributed by atoms with Crippen LogP contribution in [0.1, 0.15) is 57.8 Å². The monoisotopic (exact) mass is 288 g/mol. The molecule has 0 radical (unpaired) electrons. The summed E-state index contributed by atoms with van der Waals surface area (Å²) in [4.78, 5) is 12.1. The van der Waals surface area contributed by atoms with Gasteiger partial charge in [0.2, 0.25) is 5.91 Å². The van der Waals surface area contributed by atoms with Crippen molar-refractivity contribution < 1.29 is 4.79 Å². The first-order valence-electron chi connectivity index (χ1n) is 7.79. The van der Waals surface area contributed by atoms with Crippen molar-refractivity contribution in [2.75, 3.05) is 13.1 Å². The maximum absolute atomic E-state index is 12.1. The van der Waals surface area contributed by atoms with Gasteiger partial charge in [0.15, 0.2) is 0 Å². The molecule has 0 bridgehead atoms. The smallest absolute Gasteiger partial charge is 0.223 e. The van der Waals surface area contributed by atoms with E-state index < -0.39 is 0 Å². The van der Waals surface area contributed by atoms with Gasteiger partial charge in [-0.05, 0) is 37.6 Å². The van der Waals surface area contributed by atoms with Crippen molar-refractivity contribution in [3.05, 3.63) is 0 Å². The second-order valence-corrected chi connectivity index (χ2v) is 6.12. The molecule has 2 aliphatic rings. The average molecular weight is 289 g/mol. The first kappa shape index (κ1) is 16.8. The first-order valence-corrected chi connectivity index (χ1v) is 7.79. The number of amides is 1. The summed E-state index contributed by atoms with van der Waals surface area (Å²) < 4.78 is 0. The number of carbonyl (C=O) groups is 1. The third-order valence-corrected chi connectivity index (χ3v) is 4.88. The highest BCUT2D eigenvalue weighted by atomic mass is 35.5. The van der Waals surface area contributed by atoms with Gasteiger partial charge in [-0.15, -0.1) is 12.4 Å². The molecule has 0 spiro atoms. The summed E-state index contributed by atoms with van der Waals surface area (Å²) in [5.41, 5.74) is 5.73. The summed E-state index contributed by atoms with van der Waals surface area (Å²) in [5.74, 6) is 1.74. The van der Waals surface area contributed by atoms with E-state index in [0.717, 1.165) is 25.3 Å². The minimum absolute atomic E-state index is 0. The van der Waals surface area contributed by atoms with Gasteiger partial charge in [-0.25, -0.2) is 0 Å². The highest BCUT2D eigenvalue weighted by molar-refractivity contribution is 5.85. The fourth-order valence-electron chi connectivity index (χ4n) is 3.67. The van der Waals surface area contributed by atoms with Crippen LogP contribution in [0.2, 0.25) is 0 Å². The van der Waals surface area contributed by atoms with E-state index in [4.69, 9.17) is 5.73 Å². The SMILES string of the molecule is Cl.NC[C@H]1CCC[C@H]1C(=O)NCCC1CCCCC1. The molecule has 4 heteroatoms. The van der Waals surface area contributed by atoms with E-state index in [1.54, 1.807) is 0 Å². The van der Waals surface area contributed by atoms with Crippen molar-refractivity contribution >= 4 is 18.3 Å². The van der Waals surface area contributed by atoms with E-state index in [1.807, 2.05) is 0 Å². The van der Waals surface area contributed by atoms with E-state index >= 15 is 0 Å². The Morgan fingerprint density at radius 1 is 1.05 bits per heavy atom. The van der Waals surface area contributed by atoms with Gasteiger partial charge in [-0.1, -0.05) is 38.5 Å². The van der Waals surface area contributed by atoms with E-state index in [-0.39, 0.29) is 24.2 Å². The molecule has 2 atom stereocenters. The third kappa shape index (κ3) is 4.96. The minimum Gasteiger partial charge on any atom is -0.356 e. The van der Waals surface area contributed by atoms with Crippen molar-refractivity contribution in [3.8, 4) is 0 Å². The maximum Gasteiger partial charge on any atom is 0.223 e. The molecule has 1 amide bonds. The van der Waals surface area contributed by atoms with E-state index in [2.05, 4.69) is 5.32 Å². The number of carbonyl (C=O) groups excluding carboxylic acids is 1. The molecule has 0 unspecified atom stereocenters. The molecular weight excluding hydrogens is 260 g/mol. The predicted molar refractivity (Wildman–Crippen MR) is 81.3 cm³/mol. The topological polar surface area (TPSA) is 55.1 Å². The molecule has 2 rings (SSSR count). The molecule has 2 fully saturated rings. The Hall–Kier alpha value is -0.280. The number of hydrogen-bond donors (Lipinski definition) is 2. The van der Waals surface area contributed by atoms with Crippen molar-refractivity contribution in [1.29, 1.82) is 0 Å². The predicted octanol–water partition coefficient (Wildman–Crippen LogP) is 2.87. The van der Waals surface area contributed by atoms with E-state index in [0.29, 0.717) is 12.5 Å². The van der Waals surface area contributed by atoms with Gasteiger partial charge in [-0.3, -0.25) is 4.79 Å². The Kier molecular flexibility index (Phi) is 7.77. The quantitative estimate of drug-likeness (QED) is 0.817. The zero-order chi connectivity index (χ0) is 12.8. The molecule has 3 N–H and O–H groups in total. The lowest BCUT2D eigenvalue weighted by molar-refractivity contribution is -0.126. The zero-order valence-electron chi connectivity index (χ0n) is 11.9. The van der Waals surface area contributed by atoms with Gasteiger partial charge in [0.25, 0.3) is 0 Å². The molecular formula is C15H29ClN2O. The summed E-state index contributed by atoms with van der Waals surface area (Å²) >= 11 is 0. The summed E-state index contributed by atoms with van der Waals surface area (Å²) in [6.07, 6.45) is 11.4. The Balaban J connectivity index is 0.00000180. The normalized spacial score (nSPS) is 27.8. The largest absolute Gasteiger partial charge is 0.356 e. The first-order chi connectivity index (χ1) is 8.81. The number of rotatable bonds is 5. The van der Waals surface area contributed by atoms with Crippen LogP contribution in [0, 0.1) is 17.8 Å². The molecule has 0 aromatic heterocycles. The molecule has 0 aromatic carbocycles. The maximum atomic E-state index is 12.1. The van der Waals surface area contributed by atoms with Crippen LogP contribution < -0.4 is 11.1 Å². The van der Waals surface area contributed by atoms with Crippen LogP contribution in [0.3, 0.4) is 0 Å². The lowest BCUT2D eigenvalue weighted by Crippen LogP contribution is -2.36. The lowest BCUT2D eigenvalue weighted by atomic mass is 9.87. The molecule has 19 heavy (non-hydrogen) atoms. The molecule has 3 nitrogen and oxygen atoms in total. The van der Waals surface area contributed by atoms with Gasteiger partial charge in [0.05, 0.1) is 0 Å². The average Bonchev–Trinajstić information content (AvgIpc) is 2.88. The number of hydrogen-bond acceptors (Lipinski definition) is 2. The number of nitrogens with two attached hydrogens (primary N) is 1. The highest BCUT2D eigenvalue weighted by Gasteiger charge is 2.31. The minimum atomic E-state index is 0. The summed E-state index contributed by atoms with van der Waals surface area (Å²) in [5, 5.41) is 3.14. The Labute approximate surface area is 123 Å². The van der Waals surface area contributed by atoms with Crippen molar-refractivity contribution in [1.82, 2.24) is 5.32 Å². The van der Waals surface area contributed by atoms with Gasteiger partial charge in [-0.2, -0.15) is 0 Å². The van der Waals surface area contributed by atoms with Gasteiger partial charge in [0.1, 0.15) is 0 Å². The Morgan fingerprint density at radius 2 is 1.79 bits per heavy atom. The van der Waals surface area contributed by atoms with Crippen LogP contribution in [0.5, 0.6) is 0 Å². The molecule has 0 saturated heterocycles. The second kappa shape index (κ2) is 8.80. The molecule has 0 heterocycles. The Morgan fingerprint density at radius 3 is 2.47 bits per heavy atom. The van der Waals surface area contributed by atoms with Crippen LogP contribution in [0.25, 0.3) is 0 Å². The van der Waals surface area contributed by atoms with Gasteiger partial charge in [0, 0.05) is 12.5 Å². The lowest BCUT2D eigenvalue weighted by Gasteiger charge is -2.22. The molecule has 112 valence electrons. The summed E-state index contributed by atoms with van der Waals surface area (Å²) in [6.45, 7) is 1.54. The zero-order valence-corrected chi connectivity index (χ0v) is 12.7. The highest BCUT2D eigenvalue weighted by Crippen LogP contribution is 2.31. The van der Waals surface area contributed by atoms with Crippen LogP contribution in [-0.2, 0) is 4.79 Å². The fraction of sp³-hybridized carbons (Fsp3) is 0.933. The number of halogens is 1. The van der Waals surface area contributed by atoms with Gasteiger partial charge >= 0.3 is 0 Å². The number of nitrogens with one attached hydrogen (secondary N) is 1. The van der Waals surface area contributed by atoms with Crippen LogP contribution in [-0.4, -0.2) is 19.0 Å². The third-order valence-electron chi connectivity index (χ3n) is 4.88. The van der Waals surface area contributed by atoms with E-state index in [9.17, 15) is 4.79 Å². The molecule has 2 saturated carbocycles. The van der Waals surface area contributed by atoms with Crippen molar-refractivity contribution in [2.45, 2.75) is 57.8 Å². The van der Waals surface area contributed by atoms with Crippen LogP contribution in [0.15, 0.2) is 0 Å². The molecule has 2 aliphatic carbocycles. The van der Waals surface area contributed by atoms with Crippen LogP contribution in [0.4, 0.5) is 0 Å². The molecule has 0 aromatic rings. The van der Waals surface area contributed by atoms with Gasteiger partial charge < -0.3 is 11.1 Å².